The molecule has 4 nitrogen and oxygen atoms in total. The SMILES string of the molecule is c1ccc(-c2ccc(-n3c4ccccc4c4cc(-c5ccc6c(c5)c5ccccc5n6-c5ccc(-c6nc(-c7ccccc7)cc(-c7ccccc7)n6)cc5)ccc43)cc2)cc1. The van der Waals surface area contributed by atoms with Gasteiger partial charge in [0, 0.05) is 49.6 Å². The van der Waals surface area contributed by atoms with Crippen LogP contribution in [0.4, 0.5) is 0 Å². The Morgan fingerprint density at radius 3 is 1.06 bits per heavy atom. The summed E-state index contributed by atoms with van der Waals surface area (Å²) in [5.41, 5.74) is 16.6. The van der Waals surface area contributed by atoms with Crippen LogP contribution in [0.5, 0.6) is 0 Å². The average Bonchev–Trinajstić information content (AvgIpc) is 3.87. The van der Waals surface area contributed by atoms with E-state index < -0.39 is 0 Å². The Hall–Kier alpha value is -8.34. The molecule has 62 heavy (non-hydrogen) atoms. The van der Waals surface area contributed by atoms with Gasteiger partial charge in [-0.25, -0.2) is 9.97 Å². The van der Waals surface area contributed by atoms with Gasteiger partial charge in [-0.3, -0.25) is 0 Å². The second-order valence-corrected chi connectivity index (χ2v) is 15.8. The number of hydrogen-bond acceptors (Lipinski definition) is 2. The lowest BCUT2D eigenvalue weighted by Gasteiger charge is -2.11. The van der Waals surface area contributed by atoms with Gasteiger partial charge in [0.15, 0.2) is 5.82 Å². The van der Waals surface area contributed by atoms with E-state index in [-0.39, 0.29) is 0 Å². The van der Waals surface area contributed by atoms with Crippen molar-refractivity contribution in [3.8, 4) is 67.5 Å². The van der Waals surface area contributed by atoms with E-state index in [1.54, 1.807) is 0 Å². The van der Waals surface area contributed by atoms with E-state index in [2.05, 4.69) is 203 Å². The molecular weight excluding hydrogens is 753 g/mol. The minimum atomic E-state index is 0.699. The molecule has 0 aliphatic carbocycles. The summed E-state index contributed by atoms with van der Waals surface area (Å²) < 4.78 is 4.76. The molecule has 0 aliphatic heterocycles. The zero-order valence-electron chi connectivity index (χ0n) is 33.7. The summed E-state index contributed by atoms with van der Waals surface area (Å²) >= 11 is 0. The number of rotatable bonds is 7. The summed E-state index contributed by atoms with van der Waals surface area (Å²) in [5.74, 6) is 0.699. The van der Waals surface area contributed by atoms with Crippen LogP contribution in [-0.4, -0.2) is 19.1 Å². The fraction of sp³-hybridized carbons (Fsp3) is 0. The third-order valence-corrected chi connectivity index (χ3v) is 12.2. The lowest BCUT2D eigenvalue weighted by Crippen LogP contribution is -1.97. The van der Waals surface area contributed by atoms with Crippen LogP contribution in [0.2, 0.25) is 0 Å². The summed E-state index contributed by atoms with van der Waals surface area (Å²) in [7, 11) is 0. The second kappa shape index (κ2) is 14.7. The van der Waals surface area contributed by atoms with E-state index in [1.165, 1.54) is 54.8 Å². The Labute approximate surface area is 359 Å². The zero-order chi connectivity index (χ0) is 41.0. The van der Waals surface area contributed by atoms with Crippen LogP contribution in [0.25, 0.3) is 111 Å². The third-order valence-electron chi connectivity index (χ3n) is 12.2. The number of aromatic nitrogens is 4. The van der Waals surface area contributed by atoms with Gasteiger partial charge in [0.1, 0.15) is 0 Å². The summed E-state index contributed by atoms with van der Waals surface area (Å²) in [6.07, 6.45) is 0. The van der Waals surface area contributed by atoms with E-state index in [9.17, 15) is 0 Å². The van der Waals surface area contributed by atoms with E-state index in [1.807, 2.05) is 36.4 Å². The van der Waals surface area contributed by atoms with Crippen molar-refractivity contribution in [3.63, 3.8) is 0 Å². The largest absolute Gasteiger partial charge is 0.309 e. The highest BCUT2D eigenvalue weighted by atomic mass is 15.0. The molecule has 3 aromatic heterocycles. The minimum Gasteiger partial charge on any atom is -0.309 e. The average molecular weight is 791 g/mol. The summed E-state index contributed by atoms with van der Waals surface area (Å²) in [4.78, 5) is 10.2. The standard InChI is InChI=1S/C58H38N4/c1-4-14-39(15-5-1)40-24-30-46(31-25-40)61-54-22-12-10-20-48(54)50-36-44(28-34-56(50)61)45-29-35-57-51(37-45)49-21-11-13-23-55(49)62(57)47-32-26-43(27-33-47)58-59-52(41-16-6-2-7-17-41)38-53(60-58)42-18-8-3-9-19-42/h1-38H. The number of nitrogens with zero attached hydrogens (tertiary/aromatic N) is 4. The Morgan fingerprint density at radius 2 is 0.597 bits per heavy atom. The summed E-state index contributed by atoms with van der Waals surface area (Å²) in [6, 6.07) is 82.2. The molecule has 0 fully saturated rings. The molecule has 12 rings (SSSR count). The molecule has 290 valence electrons. The van der Waals surface area contributed by atoms with Crippen LogP contribution in [-0.2, 0) is 0 Å². The third kappa shape index (κ3) is 6.08. The molecular formula is C58H38N4. The highest BCUT2D eigenvalue weighted by Crippen LogP contribution is 2.39. The number of benzene rings is 9. The number of para-hydroxylation sites is 2. The second-order valence-electron chi connectivity index (χ2n) is 15.8. The Balaban J connectivity index is 0.928. The maximum atomic E-state index is 5.08. The highest BCUT2D eigenvalue weighted by Gasteiger charge is 2.17. The maximum absolute atomic E-state index is 5.08. The predicted octanol–water partition coefficient (Wildman–Crippen LogP) is 15.0. The Bertz CT molecular complexity index is 3530. The molecule has 0 atom stereocenters. The molecule has 0 radical (unpaired) electrons. The van der Waals surface area contributed by atoms with Crippen LogP contribution in [0.3, 0.4) is 0 Å². The first-order valence-corrected chi connectivity index (χ1v) is 21.1. The van der Waals surface area contributed by atoms with E-state index in [0.717, 1.165) is 50.5 Å². The fourth-order valence-electron chi connectivity index (χ4n) is 9.14. The molecule has 0 spiro atoms. The minimum absolute atomic E-state index is 0.699. The van der Waals surface area contributed by atoms with Gasteiger partial charge in [0.2, 0.25) is 0 Å². The van der Waals surface area contributed by atoms with Crippen molar-refractivity contribution >= 4 is 43.6 Å². The van der Waals surface area contributed by atoms with Crippen molar-refractivity contribution in [2.75, 3.05) is 0 Å². The smallest absolute Gasteiger partial charge is 0.160 e. The van der Waals surface area contributed by atoms with Crippen molar-refractivity contribution in [3.05, 3.63) is 231 Å². The first-order chi connectivity index (χ1) is 30.7. The summed E-state index contributed by atoms with van der Waals surface area (Å²) in [5, 5.41) is 4.92. The van der Waals surface area contributed by atoms with Crippen molar-refractivity contribution in [2.45, 2.75) is 0 Å². The van der Waals surface area contributed by atoms with Crippen molar-refractivity contribution in [1.82, 2.24) is 19.1 Å². The summed E-state index contributed by atoms with van der Waals surface area (Å²) in [6.45, 7) is 0. The van der Waals surface area contributed by atoms with Gasteiger partial charge in [-0.05, 0) is 101 Å². The normalized spacial score (nSPS) is 11.5. The fourth-order valence-corrected chi connectivity index (χ4v) is 9.14. The van der Waals surface area contributed by atoms with Gasteiger partial charge in [-0.2, -0.15) is 0 Å². The first-order valence-electron chi connectivity index (χ1n) is 21.1. The Kier molecular flexibility index (Phi) is 8.46. The van der Waals surface area contributed by atoms with Gasteiger partial charge in [-0.15, -0.1) is 0 Å². The molecule has 0 aliphatic rings. The van der Waals surface area contributed by atoms with E-state index in [4.69, 9.17) is 9.97 Å². The zero-order valence-corrected chi connectivity index (χ0v) is 33.7. The van der Waals surface area contributed by atoms with E-state index >= 15 is 0 Å². The van der Waals surface area contributed by atoms with Gasteiger partial charge >= 0.3 is 0 Å². The molecule has 0 saturated heterocycles. The van der Waals surface area contributed by atoms with E-state index in [0.29, 0.717) is 5.82 Å². The molecule has 0 amide bonds. The molecule has 0 N–H and O–H groups in total. The van der Waals surface area contributed by atoms with Crippen LogP contribution < -0.4 is 0 Å². The van der Waals surface area contributed by atoms with Gasteiger partial charge in [0.25, 0.3) is 0 Å². The van der Waals surface area contributed by atoms with Crippen LogP contribution in [0.15, 0.2) is 231 Å². The first kappa shape index (κ1) is 35.6. The molecule has 12 aromatic rings. The maximum Gasteiger partial charge on any atom is 0.160 e. The van der Waals surface area contributed by atoms with Crippen molar-refractivity contribution in [2.24, 2.45) is 0 Å². The molecule has 9 aromatic carbocycles. The van der Waals surface area contributed by atoms with Crippen LogP contribution >= 0.6 is 0 Å². The van der Waals surface area contributed by atoms with Crippen molar-refractivity contribution in [1.29, 1.82) is 0 Å². The monoisotopic (exact) mass is 790 g/mol. The molecule has 0 unspecified atom stereocenters. The van der Waals surface area contributed by atoms with Crippen molar-refractivity contribution < 1.29 is 0 Å². The molecule has 0 saturated carbocycles. The number of fused-ring (bicyclic) bond motifs is 6. The number of hydrogen-bond donors (Lipinski definition) is 0. The van der Waals surface area contributed by atoms with Crippen LogP contribution in [0.1, 0.15) is 0 Å². The van der Waals surface area contributed by atoms with Gasteiger partial charge in [0.05, 0.1) is 33.5 Å². The van der Waals surface area contributed by atoms with Gasteiger partial charge < -0.3 is 9.13 Å². The lowest BCUT2D eigenvalue weighted by atomic mass is 10.0. The molecule has 0 bridgehead atoms. The van der Waals surface area contributed by atoms with Crippen LogP contribution in [0, 0.1) is 0 Å². The highest BCUT2D eigenvalue weighted by molar-refractivity contribution is 6.12. The molecule has 4 heteroatoms. The van der Waals surface area contributed by atoms with Gasteiger partial charge in [-0.1, -0.05) is 152 Å². The topological polar surface area (TPSA) is 35.6 Å². The lowest BCUT2D eigenvalue weighted by molar-refractivity contribution is 1.16. The quantitative estimate of drug-likeness (QED) is 0.161. The molecule has 3 heterocycles. The Morgan fingerprint density at radius 1 is 0.242 bits per heavy atom. The predicted molar refractivity (Wildman–Crippen MR) is 258 cm³/mol.